The highest BCUT2D eigenvalue weighted by Gasteiger charge is 2.35. The largest absolute Gasteiger partial charge is 0.494 e. The first kappa shape index (κ1) is 43.7. The number of methoxy groups -OCH3 is 1. The van der Waals surface area contributed by atoms with Gasteiger partial charge in [-0.3, -0.25) is 33.7 Å². The number of hydrogen-bond donors (Lipinski definition) is 2. The van der Waals surface area contributed by atoms with Crippen LogP contribution in [0.3, 0.4) is 0 Å². The molecule has 2 unspecified atom stereocenters. The third-order valence-electron chi connectivity index (χ3n) is 8.46. The van der Waals surface area contributed by atoms with Gasteiger partial charge in [-0.05, 0) is 56.9 Å². The number of imide groups is 1. The highest BCUT2D eigenvalue weighted by molar-refractivity contribution is 6.03. The van der Waals surface area contributed by atoms with Gasteiger partial charge in [-0.1, -0.05) is 6.92 Å². The average Bonchev–Trinajstić information content (AvgIpc) is 3.41. The van der Waals surface area contributed by atoms with Crippen LogP contribution in [0.5, 0.6) is 5.75 Å². The van der Waals surface area contributed by atoms with E-state index in [4.69, 9.17) is 18.9 Å². The number of hydrogen-bond acceptors (Lipinski definition) is 14. The van der Waals surface area contributed by atoms with Gasteiger partial charge < -0.3 is 29.6 Å². The van der Waals surface area contributed by atoms with Crippen molar-refractivity contribution in [2.24, 2.45) is 5.92 Å². The third kappa shape index (κ3) is 16.5. The number of aromatic nitrogens is 4. The van der Waals surface area contributed by atoms with E-state index in [2.05, 4.69) is 31.0 Å². The number of nitrogens with zero attached hydrogens (tertiary/aromatic N) is 5. The molecule has 54 heavy (non-hydrogen) atoms. The van der Waals surface area contributed by atoms with Gasteiger partial charge in [0.1, 0.15) is 11.5 Å². The van der Waals surface area contributed by atoms with Crippen molar-refractivity contribution in [1.82, 2.24) is 35.9 Å². The molecule has 2 aromatic rings. The van der Waals surface area contributed by atoms with Crippen LogP contribution in [-0.4, -0.2) is 126 Å². The molecule has 0 bridgehead atoms. The van der Waals surface area contributed by atoms with Crippen LogP contribution in [0.15, 0.2) is 24.3 Å². The lowest BCUT2D eigenvalue weighted by Gasteiger charge is -2.18. The van der Waals surface area contributed by atoms with Crippen LogP contribution >= 0.6 is 0 Å². The first-order valence-corrected chi connectivity index (χ1v) is 18.4. The summed E-state index contributed by atoms with van der Waals surface area (Å²) in [5.41, 5.74) is 0.767. The molecule has 17 nitrogen and oxygen atoms in total. The smallest absolute Gasteiger partial charge is 0.232 e. The number of likely N-dealkylation sites (tertiary alicyclic amines) is 1. The highest BCUT2D eigenvalue weighted by Crippen LogP contribution is 2.20. The summed E-state index contributed by atoms with van der Waals surface area (Å²) in [6.45, 7) is 5.50. The van der Waals surface area contributed by atoms with Crippen molar-refractivity contribution < 1.29 is 47.7 Å². The molecule has 17 heteroatoms. The third-order valence-corrected chi connectivity index (χ3v) is 8.46. The molecule has 4 amide bonds. The zero-order valence-corrected chi connectivity index (χ0v) is 31.5. The number of ketones is 2. The van der Waals surface area contributed by atoms with Gasteiger partial charge in [0.15, 0.2) is 11.6 Å². The van der Waals surface area contributed by atoms with Crippen molar-refractivity contribution in [3.05, 3.63) is 30.1 Å². The standard InChI is InChI=1S/C37H53N7O10/c1-26-25-35(49)44(37(26)50)18-15-33(47)38-17-22-53-21-16-34(48)39-31(32(46)8-6-19-52-24-23-51-3)14-11-29(45)7-4-5-20-54-30-12-9-28(10-13-30)36-42-40-27(2)41-43-36/h9-10,12-13,26,31H,4-8,11,14-25H2,1-3H3,(H,38,47)(H,39,48). The van der Waals surface area contributed by atoms with E-state index in [1.165, 1.54) is 0 Å². The van der Waals surface area contributed by atoms with E-state index in [-0.39, 0.29) is 106 Å². The van der Waals surface area contributed by atoms with E-state index in [9.17, 15) is 28.8 Å². The van der Waals surface area contributed by atoms with E-state index in [1.807, 2.05) is 24.3 Å². The summed E-state index contributed by atoms with van der Waals surface area (Å²) in [5.74, 6) is -0.195. The number of benzene rings is 1. The Kier molecular flexibility index (Phi) is 19.9. The summed E-state index contributed by atoms with van der Waals surface area (Å²) in [6, 6.07) is 6.44. The number of Topliss-reactive ketones (excluding diaryl/α,β-unsaturated/α-hetero) is 2. The number of unbranched alkanes of at least 4 members (excludes halogenated alkanes) is 1. The molecule has 1 fully saturated rings. The van der Waals surface area contributed by atoms with Crippen molar-refractivity contribution in [1.29, 1.82) is 0 Å². The molecular formula is C37H53N7O10. The van der Waals surface area contributed by atoms with Crippen molar-refractivity contribution in [3.63, 3.8) is 0 Å². The van der Waals surface area contributed by atoms with Gasteiger partial charge in [0, 0.05) is 76.8 Å². The Morgan fingerprint density at radius 1 is 0.815 bits per heavy atom. The van der Waals surface area contributed by atoms with Crippen LogP contribution in [0.25, 0.3) is 11.4 Å². The zero-order chi connectivity index (χ0) is 39.1. The van der Waals surface area contributed by atoms with E-state index in [1.54, 1.807) is 21.0 Å². The highest BCUT2D eigenvalue weighted by atomic mass is 16.5. The first-order chi connectivity index (χ1) is 26.1. The number of rotatable bonds is 28. The summed E-state index contributed by atoms with van der Waals surface area (Å²) in [4.78, 5) is 75.5. The normalized spacial score (nSPS) is 14.6. The Hall–Kier alpha value is -4.74. The molecular weight excluding hydrogens is 702 g/mol. The molecule has 0 spiro atoms. The SMILES string of the molecule is COCCOCCCC(=O)C(CCC(=O)CCCCOc1ccc(-c2nnc(C)nn2)cc1)NC(=O)CCOCCNC(=O)CCN1C(=O)CC(C)C1=O. The summed E-state index contributed by atoms with van der Waals surface area (Å²) in [6.07, 6.45) is 2.74. The molecule has 2 heterocycles. The predicted molar refractivity (Wildman–Crippen MR) is 194 cm³/mol. The molecule has 2 N–H and O–H groups in total. The molecule has 0 radical (unpaired) electrons. The Balaban J connectivity index is 1.32. The molecule has 1 aromatic carbocycles. The predicted octanol–water partition coefficient (Wildman–Crippen LogP) is 1.95. The Bertz CT molecular complexity index is 1510. The topological polar surface area (TPSA) is 218 Å². The molecule has 1 saturated heterocycles. The maximum atomic E-state index is 13.0. The number of carbonyl (C=O) groups is 6. The summed E-state index contributed by atoms with van der Waals surface area (Å²) < 4.78 is 21.7. The van der Waals surface area contributed by atoms with Gasteiger partial charge in [0.25, 0.3) is 0 Å². The van der Waals surface area contributed by atoms with Gasteiger partial charge in [0.2, 0.25) is 29.5 Å². The summed E-state index contributed by atoms with van der Waals surface area (Å²) in [5, 5.41) is 21.3. The molecule has 0 aliphatic carbocycles. The number of carbonyl (C=O) groups excluding carboxylic acids is 6. The second-order valence-corrected chi connectivity index (χ2v) is 12.9. The van der Waals surface area contributed by atoms with Crippen LogP contribution in [-0.2, 0) is 43.0 Å². The van der Waals surface area contributed by atoms with Crippen molar-refractivity contribution in [2.75, 3.05) is 59.8 Å². The second kappa shape index (κ2) is 24.6. The lowest BCUT2D eigenvalue weighted by molar-refractivity contribution is -0.139. The lowest BCUT2D eigenvalue weighted by Crippen LogP contribution is -2.41. The van der Waals surface area contributed by atoms with E-state index < -0.39 is 6.04 Å². The first-order valence-electron chi connectivity index (χ1n) is 18.4. The van der Waals surface area contributed by atoms with Gasteiger partial charge in [0.05, 0.1) is 39.1 Å². The summed E-state index contributed by atoms with van der Waals surface area (Å²) in [7, 11) is 1.57. The maximum absolute atomic E-state index is 13.0. The average molecular weight is 756 g/mol. The van der Waals surface area contributed by atoms with E-state index in [0.717, 1.165) is 10.5 Å². The number of amides is 4. The fraction of sp³-hybridized carbons (Fsp3) is 0.622. The number of aryl methyl sites for hydroxylation is 1. The zero-order valence-electron chi connectivity index (χ0n) is 31.5. The van der Waals surface area contributed by atoms with Crippen LogP contribution in [0.2, 0.25) is 0 Å². The molecule has 2 atom stereocenters. The van der Waals surface area contributed by atoms with Crippen LogP contribution in [0.4, 0.5) is 0 Å². The molecule has 296 valence electrons. The van der Waals surface area contributed by atoms with Gasteiger partial charge in [-0.2, -0.15) is 0 Å². The quantitative estimate of drug-likeness (QED) is 0.0938. The Morgan fingerprint density at radius 3 is 2.26 bits per heavy atom. The minimum Gasteiger partial charge on any atom is -0.494 e. The maximum Gasteiger partial charge on any atom is 0.232 e. The molecule has 0 saturated carbocycles. The lowest BCUT2D eigenvalue weighted by atomic mass is 9.99. The van der Waals surface area contributed by atoms with E-state index >= 15 is 0 Å². The van der Waals surface area contributed by atoms with Gasteiger partial charge in [-0.15, -0.1) is 20.4 Å². The van der Waals surface area contributed by atoms with Crippen molar-refractivity contribution in [3.8, 4) is 17.1 Å². The fourth-order valence-corrected chi connectivity index (χ4v) is 5.40. The Labute approximate surface area is 315 Å². The molecule has 3 rings (SSSR count). The van der Waals surface area contributed by atoms with Crippen LogP contribution in [0, 0.1) is 12.8 Å². The molecule has 1 aliphatic rings. The van der Waals surface area contributed by atoms with Crippen LogP contribution in [0.1, 0.15) is 77.0 Å². The van der Waals surface area contributed by atoms with Crippen molar-refractivity contribution in [2.45, 2.75) is 84.1 Å². The minimum atomic E-state index is -0.819. The second-order valence-electron chi connectivity index (χ2n) is 12.9. The molecule has 1 aliphatic heterocycles. The summed E-state index contributed by atoms with van der Waals surface area (Å²) >= 11 is 0. The van der Waals surface area contributed by atoms with Gasteiger partial charge in [-0.25, -0.2) is 0 Å². The monoisotopic (exact) mass is 755 g/mol. The van der Waals surface area contributed by atoms with Gasteiger partial charge >= 0.3 is 0 Å². The van der Waals surface area contributed by atoms with Crippen molar-refractivity contribution >= 4 is 35.2 Å². The molecule has 1 aromatic heterocycles. The number of ether oxygens (including phenoxy) is 4. The number of nitrogens with one attached hydrogen (secondary N) is 2. The fourth-order valence-electron chi connectivity index (χ4n) is 5.40. The Morgan fingerprint density at radius 2 is 1.56 bits per heavy atom. The van der Waals surface area contributed by atoms with E-state index in [0.29, 0.717) is 69.5 Å². The van der Waals surface area contributed by atoms with Crippen LogP contribution < -0.4 is 15.4 Å². The minimum absolute atomic E-state index is 0.00333.